The van der Waals surface area contributed by atoms with E-state index >= 15 is 0 Å². The Morgan fingerprint density at radius 3 is 2.00 bits per heavy atom. The lowest BCUT2D eigenvalue weighted by Crippen LogP contribution is -2.03. The van der Waals surface area contributed by atoms with E-state index in [4.69, 9.17) is 15.3 Å². The summed E-state index contributed by atoms with van der Waals surface area (Å²) in [6, 6.07) is 3.81. The molecule has 1 heterocycles. The summed E-state index contributed by atoms with van der Waals surface area (Å²) in [5.41, 5.74) is 8.34. The summed E-state index contributed by atoms with van der Waals surface area (Å²) in [6.07, 6.45) is 2.29. The Balaban J connectivity index is 0. The predicted molar refractivity (Wildman–Crippen MR) is 133 cm³/mol. The SMILES string of the molecule is CC=O.CCCOCCC.CCc1nc(C)nc(C)c1CC.NCc1cccc(C(F)F)c1F. The molecule has 8 heteroatoms. The monoisotopic (exact) mass is 485 g/mol. The molecule has 0 bridgehead atoms. The van der Waals surface area contributed by atoms with Gasteiger partial charge in [0.1, 0.15) is 17.9 Å². The van der Waals surface area contributed by atoms with Crippen LogP contribution in [0.4, 0.5) is 13.2 Å². The van der Waals surface area contributed by atoms with Crippen molar-refractivity contribution in [3.63, 3.8) is 0 Å². The van der Waals surface area contributed by atoms with Gasteiger partial charge in [0.25, 0.3) is 6.43 Å². The second-order valence-electron chi connectivity index (χ2n) is 7.16. The largest absolute Gasteiger partial charge is 0.381 e. The average molecular weight is 486 g/mol. The summed E-state index contributed by atoms with van der Waals surface area (Å²) < 4.78 is 42.2. The van der Waals surface area contributed by atoms with Crippen molar-refractivity contribution in [2.24, 2.45) is 5.73 Å². The highest BCUT2D eigenvalue weighted by atomic mass is 19.3. The Hall–Kier alpha value is -2.32. The van der Waals surface area contributed by atoms with Crippen molar-refractivity contribution in [3.05, 3.63) is 57.9 Å². The number of benzene rings is 1. The van der Waals surface area contributed by atoms with Crippen LogP contribution in [0.5, 0.6) is 0 Å². The van der Waals surface area contributed by atoms with E-state index in [1.807, 2.05) is 6.92 Å². The highest BCUT2D eigenvalue weighted by molar-refractivity contribution is 5.44. The lowest BCUT2D eigenvalue weighted by molar-refractivity contribution is -0.106. The molecule has 0 unspecified atom stereocenters. The standard InChI is InChI=1S/C10H16N2.C8H8F3N.C6H14O.C2H4O/c1-5-9-7(3)11-8(4)12-10(9)6-2;9-7-5(4-12)2-1-3-6(7)8(10)11;1-3-5-7-6-4-2;1-2-3/h5-6H2,1-4H3;1-3,8H,4,12H2;3-6H2,1-2H3;2H,1H3. The zero-order chi connectivity index (χ0) is 26.5. The summed E-state index contributed by atoms with van der Waals surface area (Å²) in [4.78, 5) is 17.6. The molecule has 2 rings (SSSR count). The van der Waals surface area contributed by atoms with Gasteiger partial charge >= 0.3 is 0 Å². The third kappa shape index (κ3) is 14.1. The van der Waals surface area contributed by atoms with Crippen LogP contribution in [0.15, 0.2) is 18.2 Å². The first-order valence-corrected chi connectivity index (χ1v) is 11.7. The van der Waals surface area contributed by atoms with Gasteiger partial charge in [0, 0.05) is 36.7 Å². The minimum Gasteiger partial charge on any atom is -0.381 e. The Morgan fingerprint density at radius 1 is 1.03 bits per heavy atom. The molecule has 194 valence electrons. The zero-order valence-corrected chi connectivity index (χ0v) is 21.8. The van der Waals surface area contributed by atoms with Gasteiger partial charge in [-0.2, -0.15) is 0 Å². The number of carbonyl (C=O) groups is 1. The molecule has 1 aromatic carbocycles. The third-order valence-corrected chi connectivity index (χ3v) is 4.36. The number of aromatic nitrogens is 2. The number of nitrogens with zero attached hydrogens (tertiary/aromatic N) is 2. The molecule has 0 saturated carbocycles. The molecule has 0 aliphatic carbocycles. The van der Waals surface area contributed by atoms with E-state index in [1.165, 1.54) is 30.3 Å². The van der Waals surface area contributed by atoms with Gasteiger partial charge in [-0.25, -0.2) is 23.1 Å². The Kier molecular flexibility index (Phi) is 21.1. The second kappa shape index (κ2) is 21.2. The van der Waals surface area contributed by atoms with Crippen LogP contribution in [-0.2, 0) is 28.9 Å². The number of hydrogen-bond acceptors (Lipinski definition) is 5. The molecule has 0 amide bonds. The summed E-state index contributed by atoms with van der Waals surface area (Å²) in [5.74, 6) is -0.00319. The molecule has 2 N–H and O–H groups in total. The number of ether oxygens (including phenoxy) is 1. The molecule has 0 spiro atoms. The first kappa shape index (κ1) is 33.9. The topological polar surface area (TPSA) is 78.1 Å². The van der Waals surface area contributed by atoms with Gasteiger partial charge in [0.15, 0.2) is 0 Å². The van der Waals surface area contributed by atoms with Crippen LogP contribution < -0.4 is 5.73 Å². The molecule has 0 aliphatic heterocycles. The lowest BCUT2D eigenvalue weighted by atomic mass is 10.1. The quantitative estimate of drug-likeness (QED) is 0.342. The van der Waals surface area contributed by atoms with Crippen molar-refractivity contribution >= 4 is 6.29 Å². The molecule has 0 fully saturated rings. The maximum absolute atomic E-state index is 13.0. The minimum absolute atomic E-state index is 0.0631. The number of aryl methyl sites for hydroxylation is 3. The number of carbonyl (C=O) groups excluding carboxylic acids is 1. The van der Waals surface area contributed by atoms with Crippen LogP contribution in [0.1, 0.15) is 87.8 Å². The Bertz CT molecular complexity index is 799. The van der Waals surface area contributed by atoms with E-state index < -0.39 is 17.8 Å². The van der Waals surface area contributed by atoms with Gasteiger partial charge in [-0.05, 0) is 52.0 Å². The number of nitrogens with two attached hydrogens (primary N) is 1. The molecule has 34 heavy (non-hydrogen) atoms. The van der Waals surface area contributed by atoms with E-state index in [0.29, 0.717) is 0 Å². The highest BCUT2D eigenvalue weighted by Gasteiger charge is 2.14. The molecule has 2 aromatic rings. The fraction of sp³-hybridized carbons (Fsp3) is 0.577. The van der Waals surface area contributed by atoms with E-state index in [2.05, 4.69) is 44.6 Å². The van der Waals surface area contributed by atoms with Gasteiger partial charge < -0.3 is 15.3 Å². The number of aldehydes is 1. The van der Waals surface area contributed by atoms with Crippen LogP contribution in [-0.4, -0.2) is 29.5 Å². The van der Waals surface area contributed by atoms with E-state index in [-0.39, 0.29) is 12.1 Å². The van der Waals surface area contributed by atoms with E-state index in [0.717, 1.165) is 62.8 Å². The molecule has 5 nitrogen and oxygen atoms in total. The lowest BCUT2D eigenvalue weighted by Gasteiger charge is -2.08. The van der Waals surface area contributed by atoms with Crippen LogP contribution in [0.3, 0.4) is 0 Å². The maximum atomic E-state index is 13.0. The van der Waals surface area contributed by atoms with E-state index in [1.54, 1.807) is 0 Å². The molecule has 0 radical (unpaired) electrons. The Labute approximate surface area is 203 Å². The van der Waals surface area contributed by atoms with Crippen molar-refractivity contribution in [2.75, 3.05) is 13.2 Å². The van der Waals surface area contributed by atoms with Crippen molar-refractivity contribution in [1.29, 1.82) is 0 Å². The van der Waals surface area contributed by atoms with Crippen LogP contribution in [0.2, 0.25) is 0 Å². The number of alkyl halides is 2. The summed E-state index contributed by atoms with van der Waals surface area (Å²) >= 11 is 0. The van der Waals surface area contributed by atoms with Crippen molar-refractivity contribution in [2.45, 2.75) is 87.1 Å². The van der Waals surface area contributed by atoms with Crippen molar-refractivity contribution < 1.29 is 22.7 Å². The molecule has 1 aromatic heterocycles. The van der Waals surface area contributed by atoms with Crippen LogP contribution in [0, 0.1) is 19.7 Å². The molecule has 0 atom stereocenters. The molecular formula is C26H42F3N3O2. The van der Waals surface area contributed by atoms with Gasteiger partial charge in [0.05, 0.1) is 5.56 Å². The molecular weight excluding hydrogens is 443 g/mol. The molecule has 0 saturated heterocycles. The zero-order valence-electron chi connectivity index (χ0n) is 21.8. The molecule has 0 aliphatic rings. The fourth-order valence-corrected chi connectivity index (χ4v) is 2.88. The maximum Gasteiger partial charge on any atom is 0.266 e. The van der Waals surface area contributed by atoms with Gasteiger partial charge in [-0.1, -0.05) is 45.9 Å². The average Bonchev–Trinajstić information content (AvgIpc) is 2.80. The van der Waals surface area contributed by atoms with E-state index in [9.17, 15) is 13.2 Å². The first-order chi connectivity index (χ1) is 16.2. The summed E-state index contributed by atoms with van der Waals surface area (Å²) in [7, 11) is 0. The number of rotatable bonds is 8. The van der Waals surface area contributed by atoms with Crippen LogP contribution >= 0.6 is 0 Å². The summed E-state index contributed by atoms with van der Waals surface area (Å²) in [6.45, 7) is 15.8. The second-order valence-corrected chi connectivity index (χ2v) is 7.16. The highest BCUT2D eigenvalue weighted by Crippen LogP contribution is 2.23. The fourth-order valence-electron chi connectivity index (χ4n) is 2.88. The summed E-state index contributed by atoms with van der Waals surface area (Å²) in [5, 5.41) is 0. The van der Waals surface area contributed by atoms with Gasteiger partial charge in [-0.15, -0.1) is 0 Å². The normalized spacial score (nSPS) is 9.76. The third-order valence-electron chi connectivity index (χ3n) is 4.36. The van der Waals surface area contributed by atoms with Gasteiger partial charge in [0.2, 0.25) is 0 Å². The van der Waals surface area contributed by atoms with Crippen molar-refractivity contribution in [1.82, 2.24) is 9.97 Å². The van der Waals surface area contributed by atoms with Gasteiger partial charge in [-0.3, -0.25) is 0 Å². The minimum atomic E-state index is -2.78. The first-order valence-electron chi connectivity index (χ1n) is 11.7. The van der Waals surface area contributed by atoms with Crippen LogP contribution in [0.25, 0.3) is 0 Å². The van der Waals surface area contributed by atoms with Crippen molar-refractivity contribution in [3.8, 4) is 0 Å². The number of hydrogen-bond donors (Lipinski definition) is 1. The predicted octanol–water partition coefficient (Wildman–Crippen LogP) is 6.47. The smallest absolute Gasteiger partial charge is 0.266 e. The number of halogens is 3. The Morgan fingerprint density at radius 2 is 1.59 bits per heavy atom.